The zero-order valence-corrected chi connectivity index (χ0v) is 13.4. The summed E-state index contributed by atoms with van der Waals surface area (Å²) in [5, 5.41) is 0.142. The monoisotopic (exact) mass is 352 g/mol. The highest BCUT2D eigenvalue weighted by Crippen LogP contribution is 2.25. The summed E-state index contributed by atoms with van der Waals surface area (Å²) < 4.78 is 43.5. The Balaban J connectivity index is 2.27. The molecular formula is C16H10ClFO4S. The Hall–Kier alpha value is -2.18. The molecule has 1 heterocycles. The maximum Gasteiger partial charge on any atom is 0.355 e. The molecule has 0 saturated carbocycles. The lowest BCUT2D eigenvalue weighted by atomic mass is 10.2. The Morgan fingerprint density at radius 3 is 2.52 bits per heavy atom. The molecule has 0 fully saturated rings. The minimum atomic E-state index is -4.17. The first-order valence-electron chi connectivity index (χ1n) is 6.54. The van der Waals surface area contributed by atoms with Crippen LogP contribution in [-0.4, -0.2) is 8.42 Å². The molecule has 1 aromatic heterocycles. The van der Waals surface area contributed by atoms with Crippen LogP contribution in [-0.2, 0) is 9.84 Å². The van der Waals surface area contributed by atoms with Crippen LogP contribution in [0.5, 0.6) is 0 Å². The fraction of sp³-hybridized carbons (Fsp3) is 0.0625. The molecule has 0 aliphatic heterocycles. The summed E-state index contributed by atoms with van der Waals surface area (Å²) in [6, 6.07) is 9.25. The van der Waals surface area contributed by atoms with E-state index in [1.165, 1.54) is 6.07 Å². The average molecular weight is 353 g/mol. The Morgan fingerprint density at radius 2 is 1.83 bits per heavy atom. The molecule has 0 amide bonds. The maximum absolute atomic E-state index is 13.2. The summed E-state index contributed by atoms with van der Waals surface area (Å²) in [4.78, 5) is 11.2. The van der Waals surface area contributed by atoms with Crippen molar-refractivity contribution in [2.75, 3.05) is 0 Å². The van der Waals surface area contributed by atoms with Crippen molar-refractivity contribution < 1.29 is 17.2 Å². The summed E-state index contributed by atoms with van der Waals surface area (Å²) in [5.41, 5.74) is 0.193. The van der Waals surface area contributed by atoms with E-state index in [9.17, 15) is 17.6 Å². The Kier molecular flexibility index (Phi) is 3.74. The molecule has 0 unspecified atom stereocenters. The van der Waals surface area contributed by atoms with E-state index in [1.54, 1.807) is 18.2 Å². The fourth-order valence-electron chi connectivity index (χ4n) is 2.18. The van der Waals surface area contributed by atoms with Gasteiger partial charge in [0.05, 0.1) is 9.92 Å². The van der Waals surface area contributed by atoms with Crippen molar-refractivity contribution in [1.29, 1.82) is 0 Å². The molecule has 0 aliphatic rings. The highest BCUT2D eigenvalue weighted by molar-refractivity contribution is 7.91. The normalized spacial score (nSPS) is 11.8. The first kappa shape index (κ1) is 15.7. The van der Waals surface area contributed by atoms with E-state index in [0.29, 0.717) is 5.39 Å². The van der Waals surface area contributed by atoms with E-state index in [1.807, 2.05) is 6.92 Å². The van der Waals surface area contributed by atoms with Crippen molar-refractivity contribution in [3.8, 4) is 0 Å². The summed E-state index contributed by atoms with van der Waals surface area (Å²) in [6.07, 6.45) is 0. The highest BCUT2D eigenvalue weighted by atomic mass is 35.5. The number of halogens is 2. The molecule has 0 radical (unpaired) electrons. The molecule has 0 atom stereocenters. The zero-order chi connectivity index (χ0) is 16.8. The van der Waals surface area contributed by atoms with Crippen molar-refractivity contribution in [2.45, 2.75) is 16.7 Å². The summed E-state index contributed by atoms with van der Waals surface area (Å²) in [6.45, 7) is 1.83. The van der Waals surface area contributed by atoms with Gasteiger partial charge in [0, 0.05) is 5.39 Å². The van der Waals surface area contributed by atoms with Crippen LogP contribution in [0.3, 0.4) is 0 Å². The van der Waals surface area contributed by atoms with Gasteiger partial charge in [0.2, 0.25) is 9.84 Å². The summed E-state index contributed by atoms with van der Waals surface area (Å²) in [7, 11) is -4.17. The van der Waals surface area contributed by atoms with Gasteiger partial charge in [0.25, 0.3) is 0 Å². The number of fused-ring (bicyclic) bond motifs is 1. The first-order valence-corrected chi connectivity index (χ1v) is 8.40. The van der Waals surface area contributed by atoms with Gasteiger partial charge in [-0.05, 0) is 43.3 Å². The second kappa shape index (κ2) is 5.47. The van der Waals surface area contributed by atoms with E-state index in [4.69, 9.17) is 16.0 Å². The number of aryl methyl sites for hydroxylation is 1. The zero-order valence-electron chi connectivity index (χ0n) is 11.8. The SMILES string of the molecule is Cc1ccc2oc(=O)c(S(=O)(=O)c3ccc(F)c(Cl)c3)cc2c1. The number of hydrogen-bond acceptors (Lipinski definition) is 4. The van der Waals surface area contributed by atoms with Crippen molar-refractivity contribution in [1.82, 2.24) is 0 Å². The fourth-order valence-corrected chi connectivity index (χ4v) is 3.74. The average Bonchev–Trinajstić information content (AvgIpc) is 2.49. The van der Waals surface area contributed by atoms with Crippen LogP contribution in [0.15, 0.2) is 61.5 Å². The molecule has 4 nitrogen and oxygen atoms in total. The van der Waals surface area contributed by atoms with Gasteiger partial charge in [-0.15, -0.1) is 0 Å². The summed E-state index contributed by atoms with van der Waals surface area (Å²) in [5.74, 6) is -0.744. The molecule has 0 aliphatic carbocycles. The number of sulfone groups is 1. The predicted molar refractivity (Wildman–Crippen MR) is 84.1 cm³/mol. The van der Waals surface area contributed by atoms with Crippen LogP contribution in [0.1, 0.15) is 5.56 Å². The molecule has 0 spiro atoms. The van der Waals surface area contributed by atoms with Gasteiger partial charge < -0.3 is 4.42 Å². The minimum Gasteiger partial charge on any atom is -0.422 e. The molecule has 118 valence electrons. The van der Waals surface area contributed by atoms with E-state index >= 15 is 0 Å². The molecule has 0 saturated heterocycles. The lowest BCUT2D eigenvalue weighted by Crippen LogP contribution is -2.14. The van der Waals surface area contributed by atoms with Crippen LogP contribution >= 0.6 is 11.6 Å². The third kappa shape index (κ3) is 2.75. The van der Waals surface area contributed by atoms with Crippen LogP contribution < -0.4 is 5.63 Å². The number of hydrogen-bond donors (Lipinski definition) is 0. The quantitative estimate of drug-likeness (QED) is 0.520. The van der Waals surface area contributed by atoms with E-state index in [-0.39, 0.29) is 15.5 Å². The van der Waals surface area contributed by atoms with Gasteiger partial charge in [0.15, 0.2) is 4.90 Å². The van der Waals surface area contributed by atoms with Crippen molar-refractivity contribution >= 4 is 32.4 Å². The van der Waals surface area contributed by atoms with E-state index < -0.39 is 26.2 Å². The van der Waals surface area contributed by atoms with Crippen LogP contribution in [0.2, 0.25) is 5.02 Å². The minimum absolute atomic E-state index is 0.275. The van der Waals surface area contributed by atoms with Crippen molar-refractivity contribution in [3.63, 3.8) is 0 Å². The molecule has 0 N–H and O–H groups in total. The standard InChI is InChI=1S/C16H10ClFO4S/c1-9-2-5-14-10(6-9)7-15(16(19)22-14)23(20,21)11-3-4-13(18)12(17)8-11/h2-8H,1H3. The van der Waals surface area contributed by atoms with Crippen molar-refractivity contribution in [2.24, 2.45) is 0 Å². The number of rotatable bonds is 2. The highest BCUT2D eigenvalue weighted by Gasteiger charge is 2.24. The third-order valence-corrected chi connectivity index (χ3v) is 5.37. The lowest BCUT2D eigenvalue weighted by molar-refractivity contribution is 0.532. The lowest BCUT2D eigenvalue weighted by Gasteiger charge is -2.06. The predicted octanol–water partition coefficient (Wildman–Crippen LogP) is 3.73. The largest absolute Gasteiger partial charge is 0.422 e. The second-order valence-electron chi connectivity index (χ2n) is 5.02. The van der Waals surface area contributed by atoms with Gasteiger partial charge in [-0.25, -0.2) is 17.6 Å². The van der Waals surface area contributed by atoms with Crippen LogP contribution in [0.4, 0.5) is 4.39 Å². The van der Waals surface area contributed by atoms with Crippen molar-refractivity contribution in [3.05, 3.63) is 69.3 Å². The van der Waals surface area contributed by atoms with E-state index in [0.717, 1.165) is 23.8 Å². The molecule has 2 aromatic carbocycles. The van der Waals surface area contributed by atoms with Gasteiger partial charge >= 0.3 is 5.63 Å². The van der Waals surface area contributed by atoms with Gasteiger partial charge in [-0.1, -0.05) is 23.2 Å². The molecular weight excluding hydrogens is 343 g/mol. The number of benzene rings is 2. The first-order chi connectivity index (χ1) is 10.8. The molecule has 3 aromatic rings. The van der Waals surface area contributed by atoms with Crippen LogP contribution in [0.25, 0.3) is 11.0 Å². The van der Waals surface area contributed by atoms with Crippen LogP contribution in [0, 0.1) is 12.7 Å². The molecule has 7 heteroatoms. The Bertz CT molecular complexity index is 1090. The Morgan fingerprint density at radius 1 is 1.09 bits per heavy atom. The van der Waals surface area contributed by atoms with E-state index in [2.05, 4.69) is 0 Å². The molecule has 23 heavy (non-hydrogen) atoms. The topological polar surface area (TPSA) is 64.3 Å². The van der Waals surface area contributed by atoms with Gasteiger partial charge in [-0.2, -0.15) is 0 Å². The molecule has 0 bridgehead atoms. The van der Waals surface area contributed by atoms with Gasteiger partial charge in [-0.3, -0.25) is 0 Å². The second-order valence-corrected chi connectivity index (χ2v) is 7.34. The third-order valence-electron chi connectivity index (χ3n) is 3.35. The smallest absolute Gasteiger partial charge is 0.355 e. The maximum atomic E-state index is 13.2. The molecule has 3 rings (SSSR count). The summed E-state index contributed by atoms with van der Waals surface area (Å²) >= 11 is 5.62. The Labute approximate surface area is 136 Å². The van der Waals surface area contributed by atoms with Gasteiger partial charge in [0.1, 0.15) is 11.4 Å².